The van der Waals surface area contributed by atoms with E-state index in [1.165, 1.54) is 6.20 Å². The second kappa shape index (κ2) is 4.48. The van der Waals surface area contributed by atoms with Gasteiger partial charge in [-0.15, -0.1) is 0 Å². The molecule has 0 aliphatic rings. The molecule has 20 heavy (non-hydrogen) atoms. The van der Waals surface area contributed by atoms with E-state index in [0.717, 1.165) is 5.56 Å². The predicted octanol–water partition coefficient (Wildman–Crippen LogP) is 1.97. The van der Waals surface area contributed by atoms with Gasteiger partial charge in [0, 0.05) is 24.2 Å². The highest BCUT2D eigenvalue weighted by molar-refractivity contribution is 5.92. The van der Waals surface area contributed by atoms with Gasteiger partial charge in [0.15, 0.2) is 11.3 Å². The number of aromatic nitrogens is 3. The molecule has 0 saturated heterocycles. The van der Waals surface area contributed by atoms with Crippen molar-refractivity contribution in [2.75, 3.05) is 0 Å². The minimum atomic E-state index is -1.13. The lowest BCUT2D eigenvalue weighted by Crippen LogP contribution is -2.03. The summed E-state index contributed by atoms with van der Waals surface area (Å²) in [6.45, 7) is 0. The SMILES string of the molecule is N#Cc1cccc(-c2cn3ccnc(C(=O)O)c3n2)c1. The van der Waals surface area contributed by atoms with Gasteiger partial charge in [-0.1, -0.05) is 12.1 Å². The predicted molar refractivity (Wildman–Crippen MR) is 70.1 cm³/mol. The lowest BCUT2D eigenvalue weighted by atomic mass is 10.1. The Hall–Kier alpha value is -3.20. The smallest absolute Gasteiger partial charge is 0.358 e. The molecule has 0 spiro atoms. The van der Waals surface area contributed by atoms with Crippen LogP contribution in [0.5, 0.6) is 0 Å². The zero-order valence-corrected chi connectivity index (χ0v) is 10.2. The van der Waals surface area contributed by atoms with Crippen molar-refractivity contribution in [3.8, 4) is 17.3 Å². The molecule has 3 aromatic rings. The highest BCUT2D eigenvalue weighted by Gasteiger charge is 2.14. The van der Waals surface area contributed by atoms with Crippen molar-refractivity contribution in [1.82, 2.24) is 14.4 Å². The van der Waals surface area contributed by atoms with E-state index >= 15 is 0 Å². The van der Waals surface area contributed by atoms with Crippen molar-refractivity contribution < 1.29 is 9.90 Å². The summed E-state index contributed by atoms with van der Waals surface area (Å²) >= 11 is 0. The molecule has 0 fully saturated rings. The normalized spacial score (nSPS) is 10.3. The Labute approximate surface area is 113 Å². The molecule has 1 aromatic carbocycles. The van der Waals surface area contributed by atoms with Gasteiger partial charge in [-0.25, -0.2) is 14.8 Å². The Morgan fingerprint density at radius 2 is 2.25 bits per heavy atom. The third kappa shape index (κ3) is 1.87. The number of carbonyl (C=O) groups is 1. The standard InChI is InChI=1S/C14H8N4O2/c15-7-9-2-1-3-10(6-9)11-8-18-5-4-16-12(14(19)20)13(18)17-11/h1-6,8H,(H,19,20). The zero-order valence-electron chi connectivity index (χ0n) is 10.2. The molecule has 6 heteroatoms. The van der Waals surface area contributed by atoms with Crippen molar-refractivity contribution in [3.05, 3.63) is 54.1 Å². The number of carboxylic acid groups (broad SMARTS) is 1. The zero-order chi connectivity index (χ0) is 14.1. The first-order chi connectivity index (χ1) is 9.69. The van der Waals surface area contributed by atoms with E-state index in [0.29, 0.717) is 11.3 Å². The fourth-order valence-corrected chi connectivity index (χ4v) is 1.96. The van der Waals surface area contributed by atoms with Crippen LogP contribution in [0.1, 0.15) is 16.1 Å². The van der Waals surface area contributed by atoms with Gasteiger partial charge >= 0.3 is 5.97 Å². The molecule has 3 rings (SSSR count). The molecule has 0 radical (unpaired) electrons. The molecule has 0 unspecified atom stereocenters. The molecule has 0 bridgehead atoms. The average molecular weight is 264 g/mol. The molecule has 0 aliphatic heterocycles. The topological polar surface area (TPSA) is 91.3 Å². The number of hydrogen-bond donors (Lipinski definition) is 1. The van der Waals surface area contributed by atoms with Crippen LogP contribution in [0.3, 0.4) is 0 Å². The summed E-state index contributed by atoms with van der Waals surface area (Å²) in [4.78, 5) is 19.2. The summed E-state index contributed by atoms with van der Waals surface area (Å²) in [7, 11) is 0. The maximum absolute atomic E-state index is 11.1. The third-order valence-electron chi connectivity index (χ3n) is 2.87. The first kappa shape index (κ1) is 11.9. The van der Waals surface area contributed by atoms with Crippen molar-refractivity contribution in [3.63, 3.8) is 0 Å². The second-order valence-electron chi connectivity index (χ2n) is 4.13. The van der Waals surface area contributed by atoms with Gasteiger partial charge in [0.25, 0.3) is 0 Å². The molecule has 0 aliphatic carbocycles. The number of imidazole rings is 1. The van der Waals surface area contributed by atoms with Crippen LogP contribution in [0.15, 0.2) is 42.9 Å². The molecular formula is C14H8N4O2. The first-order valence-corrected chi connectivity index (χ1v) is 5.76. The van der Waals surface area contributed by atoms with E-state index in [-0.39, 0.29) is 11.3 Å². The number of fused-ring (bicyclic) bond motifs is 1. The quantitative estimate of drug-likeness (QED) is 0.764. The second-order valence-corrected chi connectivity index (χ2v) is 4.13. The van der Waals surface area contributed by atoms with Gasteiger partial charge in [0.1, 0.15) is 0 Å². The Morgan fingerprint density at radius 3 is 3.00 bits per heavy atom. The summed E-state index contributed by atoms with van der Waals surface area (Å²) in [5, 5.41) is 18.0. The fourth-order valence-electron chi connectivity index (χ4n) is 1.96. The van der Waals surface area contributed by atoms with E-state index in [9.17, 15) is 4.79 Å². The maximum Gasteiger partial charge on any atom is 0.358 e. The Kier molecular flexibility index (Phi) is 2.66. The van der Waals surface area contributed by atoms with E-state index in [2.05, 4.69) is 16.0 Å². The molecule has 0 amide bonds. The van der Waals surface area contributed by atoms with Gasteiger partial charge in [0.05, 0.1) is 17.3 Å². The first-order valence-electron chi connectivity index (χ1n) is 5.76. The lowest BCUT2D eigenvalue weighted by Gasteiger charge is -1.95. The summed E-state index contributed by atoms with van der Waals surface area (Å²) < 4.78 is 1.60. The third-order valence-corrected chi connectivity index (χ3v) is 2.87. The van der Waals surface area contributed by atoms with Crippen molar-refractivity contribution in [2.45, 2.75) is 0 Å². The molecule has 2 aromatic heterocycles. The van der Waals surface area contributed by atoms with Crippen LogP contribution in [0.4, 0.5) is 0 Å². The number of carboxylic acids is 1. The minimum absolute atomic E-state index is 0.102. The van der Waals surface area contributed by atoms with E-state index < -0.39 is 5.97 Å². The summed E-state index contributed by atoms with van der Waals surface area (Å²) in [6, 6.07) is 9.04. The van der Waals surface area contributed by atoms with E-state index in [1.54, 1.807) is 35.0 Å². The van der Waals surface area contributed by atoms with Gasteiger partial charge in [-0.3, -0.25) is 0 Å². The van der Waals surface area contributed by atoms with Crippen molar-refractivity contribution in [1.29, 1.82) is 5.26 Å². The van der Waals surface area contributed by atoms with Crippen LogP contribution >= 0.6 is 0 Å². The van der Waals surface area contributed by atoms with Gasteiger partial charge in [-0.2, -0.15) is 5.26 Å². The van der Waals surface area contributed by atoms with Gasteiger partial charge < -0.3 is 9.51 Å². The highest BCUT2D eigenvalue weighted by atomic mass is 16.4. The molecule has 2 heterocycles. The monoisotopic (exact) mass is 264 g/mol. The van der Waals surface area contributed by atoms with Crippen molar-refractivity contribution >= 4 is 11.6 Å². The Morgan fingerprint density at radius 1 is 1.40 bits per heavy atom. The number of aromatic carboxylic acids is 1. The number of nitriles is 1. The van der Waals surface area contributed by atoms with Gasteiger partial charge in [0.2, 0.25) is 0 Å². The van der Waals surface area contributed by atoms with Crippen LogP contribution in [-0.2, 0) is 0 Å². The molecule has 0 atom stereocenters. The summed E-state index contributed by atoms with van der Waals surface area (Å²) in [5.41, 5.74) is 2.05. The number of benzene rings is 1. The highest BCUT2D eigenvalue weighted by Crippen LogP contribution is 2.21. The van der Waals surface area contributed by atoms with Crippen LogP contribution in [0.2, 0.25) is 0 Å². The average Bonchev–Trinajstić information content (AvgIpc) is 2.91. The molecule has 0 saturated carbocycles. The van der Waals surface area contributed by atoms with Crippen LogP contribution in [0, 0.1) is 11.3 Å². The maximum atomic E-state index is 11.1. The van der Waals surface area contributed by atoms with Crippen LogP contribution in [-0.4, -0.2) is 25.4 Å². The Bertz CT molecular complexity index is 861. The number of hydrogen-bond acceptors (Lipinski definition) is 4. The summed E-state index contributed by atoms with van der Waals surface area (Å²) in [5.74, 6) is -1.13. The van der Waals surface area contributed by atoms with Crippen LogP contribution in [0.25, 0.3) is 16.9 Å². The minimum Gasteiger partial charge on any atom is -0.476 e. The van der Waals surface area contributed by atoms with Gasteiger partial charge in [-0.05, 0) is 12.1 Å². The number of nitrogens with zero attached hydrogens (tertiary/aromatic N) is 4. The largest absolute Gasteiger partial charge is 0.476 e. The van der Waals surface area contributed by atoms with E-state index in [1.807, 2.05) is 6.07 Å². The lowest BCUT2D eigenvalue weighted by molar-refractivity contribution is 0.0692. The molecule has 6 nitrogen and oxygen atoms in total. The Balaban J connectivity index is 2.21. The van der Waals surface area contributed by atoms with Crippen molar-refractivity contribution in [2.24, 2.45) is 0 Å². The summed E-state index contributed by atoms with van der Waals surface area (Å²) in [6.07, 6.45) is 4.75. The molecule has 1 N–H and O–H groups in total. The molecule has 96 valence electrons. The number of rotatable bonds is 2. The fraction of sp³-hybridized carbons (Fsp3) is 0. The van der Waals surface area contributed by atoms with Crippen LogP contribution < -0.4 is 0 Å². The van der Waals surface area contributed by atoms with E-state index in [4.69, 9.17) is 10.4 Å². The molecular weight excluding hydrogens is 256 g/mol.